The van der Waals surface area contributed by atoms with E-state index in [9.17, 15) is 9.59 Å². The molecule has 2 aromatic carbocycles. The molecule has 4 aromatic rings. The molecule has 0 amide bonds. The van der Waals surface area contributed by atoms with Gasteiger partial charge < -0.3 is 14.1 Å². The summed E-state index contributed by atoms with van der Waals surface area (Å²) in [5, 5.41) is 4.68. The minimum absolute atomic E-state index is 0.409. The molecular weight excluding hydrogens is 368 g/mol. The second-order valence-electron chi connectivity index (χ2n) is 6.05. The van der Waals surface area contributed by atoms with Crippen LogP contribution in [0.4, 0.5) is 0 Å². The SMILES string of the molecule is CCn1c(=O)c(=O)[nH]c2cc(-c3noc(Cc4ccc(Cl)cc4)n3)ccc21. The number of H-pyrrole nitrogens is 1. The molecule has 27 heavy (non-hydrogen) atoms. The molecule has 0 radical (unpaired) electrons. The van der Waals surface area contributed by atoms with Crippen LogP contribution in [0.1, 0.15) is 18.4 Å². The Morgan fingerprint density at radius 1 is 1.15 bits per heavy atom. The molecule has 0 aliphatic rings. The van der Waals surface area contributed by atoms with Crippen LogP contribution in [0.2, 0.25) is 5.02 Å². The first-order valence-corrected chi connectivity index (χ1v) is 8.77. The van der Waals surface area contributed by atoms with E-state index in [-0.39, 0.29) is 0 Å². The Kier molecular flexibility index (Phi) is 4.37. The van der Waals surface area contributed by atoms with Gasteiger partial charge in [-0.1, -0.05) is 28.9 Å². The summed E-state index contributed by atoms with van der Waals surface area (Å²) in [5.41, 5.74) is 1.66. The average Bonchev–Trinajstić information content (AvgIpc) is 3.13. The van der Waals surface area contributed by atoms with Gasteiger partial charge in [-0.15, -0.1) is 0 Å². The second kappa shape index (κ2) is 6.85. The van der Waals surface area contributed by atoms with E-state index < -0.39 is 11.1 Å². The summed E-state index contributed by atoms with van der Waals surface area (Å²) >= 11 is 5.89. The van der Waals surface area contributed by atoms with Crippen molar-refractivity contribution in [2.24, 2.45) is 0 Å². The Morgan fingerprint density at radius 2 is 1.93 bits per heavy atom. The highest BCUT2D eigenvalue weighted by Gasteiger charge is 2.12. The number of rotatable bonds is 4. The van der Waals surface area contributed by atoms with Gasteiger partial charge in [-0.2, -0.15) is 4.98 Å². The lowest BCUT2D eigenvalue weighted by atomic mass is 10.1. The Labute approximate surface area is 158 Å². The molecule has 8 heteroatoms. The van der Waals surface area contributed by atoms with E-state index in [1.165, 1.54) is 4.57 Å². The van der Waals surface area contributed by atoms with Crippen molar-refractivity contribution in [2.75, 3.05) is 0 Å². The van der Waals surface area contributed by atoms with Gasteiger partial charge in [-0.05, 0) is 42.8 Å². The first-order chi connectivity index (χ1) is 13.0. The zero-order valence-corrected chi connectivity index (χ0v) is 15.2. The summed E-state index contributed by atoms with van der Waals surface area (Å²) in [6.45, 7) is 2.22. The fraction of sp³-hybridized carbons (Fsp3) is 0.158. The van der Waals surface area contributed by atoms with Gasteiger partial charge in [-0.3, -0.25) is 9.59 Å². The fourth-order valence-electron chi connectivity index (χ4n) is 2.95. The Bertz CT molecular complexity index is 1240. The van der Waals surface area contributed by atoms with Crippen LogP contribution in [-0.2, 0) is 13.0 Å². The number of hydrogen-bond donors (Lipinski definition) is 1. The van der Waals surface area contributed by atoms with E-state index >= 15 is 0 Å². The van der Waals surface area contributed by atoms with Crippen LogP contribution in [0, 0.1) is 0 Å². The fourth-order valence-corrected chi connectivity index (χ4v) is 3.08. The van der Waals surface area contributed by atoms with Crippen LogP contribution in [0.25, 0.3) is 22.4 Å². The molecular formula is C19H15ClN4O3. The zero-order chi connectivity index (χ0) is 19.0. The van der Waals surface area contributed by atoms with Crippen molar-refractivity contribution in [1.29, 1.82) is 0 Å². The molecule has 0 aliphatic carbocycles. The number of nitrogens with zero attached hydrogens (tertiary/aromatic N) is 3. The van der Waals surface area contributed by atoms with Crippen LogP contribution in [0.3, 0.4) is 0 Å². The van der Waals surface area contributed by atoms with Crippen LogP contribution in [0.5, 0.6) is 0 Å². The molecule has 0 spiro atoms. The smallest absolute Gasteiger partial charge is 0.316 e. The maximum Gasteiger partial charge on any atom is 0.316 e. The highest BCUT2D eigenvalue weighted by atomic mass is 35.5. The van der Waals surface area contributed by atoms with Crippen molar-refractivity contribution in [3.05, 3.63) is 79.6 Å². The largest absolute Gasteiger partial charge is 0.339 e. The third kappa shape index (κ3) is 3.29. The van der Waals surface area contributed by atoms with Gasteiger partial charge >= 0.3 is 11.1 Å². The van der Waals surface area contributed by atoms with Crippen molar-refractivity contribution < 1.29 is 4.52 Å². The van der Waals surface area contributed by atoms with Gasteiger partial charge in [0.25, 0.3) is 0 Å². The van der Waals surface area contributed by atoms with Crippen LogP contribution in [0.15, 0.2) is 56.6 Å². The van der Waals surface area contributed by atoms with Gasteiger partial charge in [-0.25, -0.2) is 0 Å². The predicted octanol–water partition coefficient (Wildman–Crippen LogP) is 3.00. The van der Waals surface area contributed by atoms with Gasteiger partial charge in [0, 0.05) is 17.1 Å². The summed E-state index contributed by atoms with van der Waals surface area (Å²) in [5.74, 6) is 0.885. The van der Waals surface area contributed by atoms with Gasteiger partial charge in [0.15, 0.2) is 0 Å². The zero-order valence-electron chi connectivity index (χ0n) is 14.4. The molecule has 0 saturated heterocycles. The lowest BCUT2D eigenvalue weighted by Crippen LogP contribution is -2.35. The average molecular weight is 383 g/mol. The molecule has 7 nitrogen and oxygen atoms in total. The van der Waals surface area contributed by atoms with E-state index in [1.54, 1.807) is 30.3 Å². The van der Waals surface area contributed by atoms with Crippen LogP contribution >= 0.6 is 11.6 Å². The highest BCUT2D eigenvalue weighted by Crippen LogP contribution is 2.21. The number of aromatic nitrogens is 4. The molecule has 2 heterocycles. The van der Waals surface area contributed by atoms with E-state index in [0.29, 0.717) is 46.3 Å². The minimum atomic E-state index is -0.655. The van der Waals surface area contributed by atoms with E-state index in [0.717, 1.165) is 5.56 Å². The van der Waals surface area contributed by atoms with Gasteiger partial charge in [0.05, 0.1) is 17.5 Å². The number of aryl methyl sites for hydroxylation is 1. The van der Waals surface area contributed by atoms with Crippen molar-refractivity contribution in [3.8, 4) is 11.4 Å². The molecule has 136 valence electrons. The van der Waals surface area contributed by atoms with Crippen LogP contribution < -0.4 is 11.1 Å². The number of fused-ring (bicyclic) bond motifs is 1. The maximum absolute atomic E-state index is 11.9. The number of nitrogens with one attached hydrogen (secondary N) is 1. The molecule has 0 aliphatic heterocycles. The molecule has 0 unspecified atom stereocenters. The maximum atomic E-state index is 11.9. The minimum Gasteiger partial charge on any atom is -0.339 e. The summed E-state index contributed by atoms with van der Waals surface area (Å²) in [7, 11) is 0. The molecule has 1 N–H and O–H groups in total. The molecule has 0 fully saturated rings. The Morgan fingerprint density at radius 3 is 2.67 bits per heavy atom. The molecule has 4 rings (SSSR count). The normalized spacial score (nSPS) is 11.2. The van der Waals surface area contributed by atoms with Crippen molar-refractivity contribution in [2.45, 2.75) is 19.9 Å². The predicted molar refractivity (Wildman–Crippen MR) is 102 cm³/mol. The monoisotopic (exact) mass is 382 g/mol. The van der Waals surface area contributed by atoms with E-state index in [4.69, 9.17) is 16.1 Å². The van der Waals surface area contributed by atoms with Crippen LogP contribution in [-0.4, -0.2) is 19.7 Å². The quantitative estimate of drug-likeness (QED) is 0.547. The molecule has 0 atom stereocenters. The van der Waals surface area contributed by atoms with Gasteiger partial charge in [0.2, 0.25) is 11.7 Å². The van der Waals surface area contributed by atoms with E-state index in [2.05, 4.69) is 15.1 Å². The topological polar surface area (TPSA) is 93.8 Å². The van der Waals surface area contributed by atoms with Crippen molar-refractivity contribution >= 4 is 22.6 Å². The summed E-state index contributed by atoms with van der Waals surface area (Å²) in [4.78, 5) is 30.8. The van der Waals surface area contributed by atoms with Crippen molar-refractivity contribution in [3.63, 3.8) is 0 Å². The third-order valence-corrected chi connectivity index (χ3v) is 4.54. The first-order valence-electron chi connectivity index (χ1n) is 8.39. The Hall–Kier alpha value is -3.19. The lowest BCUT2D eigenvalue weighted by molar-refractivity contribution is 0.385. The summed E-state index contributed by atoms with van der Waals surface area (Å²) < 4.78 is 6.76. The summed E-state index contributed by atoms with van der Waals surface area (Å²) in [6, 6.07) is 12.7. The Balaban J connectivity index is 1.69. The number of aromatic amines is 1. The van der Waals surface area contributed by atoms with Gasteiger partial charge in [0.1, 0.15) is 0 Å². The highest BCUT2D eigenvalue weighted by molar-refractivity contribution is 6.30. The standard InChI is InChI=1S/C19H15ClN4O3/c1-2-24-15-8-5-12(10-14(15)21-18(25)19(24)26)17-22-16(27-23-17)9-11-3-6-13(20)7-4-11/h3-8,10H,2,9H2,1H3,(H,21,25). The van der Waals surface area contributed by atoms with Crippen molar-refractivity contribution in [1.82, 2.24) is 19.7 Å². The third-order valence-electron chi connectivity index (χ3n) is 4.29. The number of halogens is 1. The first kappa shape index (κ1) is 17.2. The summed E-state index contributed by atoms with van der Waals surface area (Å²) in [6.07, 6.45) is 0.490. The molecule has 2 aromatic heterocycles. The number of hydrogen-bond acceptors (Lipinski definition) is 5. The molecule has 0 saturated carbocycles. The molecule has 0 bridgehead atoms. The lowest BCUT2D eigenvalue weighted by Gasteiger charge is -2.07. The second-order valence-corrected chi connectivity index (χ2v) is 6.49. The van der Waals surface area contributed by atoms with E-state index in [1.807, 2.05) is 19.1 Å². The number of benzene rings is 2.